The molecule has 1 aromatic heterocycles. The number of ether oxygens (including phenoxy) is 1. The van der Waals surface area contributed by atoms with Gasteiger partial charge in [-0.25, -0.2) is 4.98 Å². The van der Waals surface area contributed by atoms with Crippen LogP contribution in [-0.4, -0.2) is 41.6 Å². The fraction of sp³-hybridized carbons (Fsp3) is 0.318. The Hall–Kier alpha value is -3.19. The summed E-state index contributed by atoms with van der Waals surface area (Å²) < 4.78 is 7.02. The number of imidazole rings is 1. The van der Waals surface area contributed by atoms with Crippen LogP contribution in [0.4, 0.5) is 11.6 Å². The Morgan fingerprint density at radius 1 is 1.17 bits per heavy atom. The molecule has 7 heteroatoms. The highest BCUT2D eigenvalue weighted by Gasteiger charge is 2.40. The van der Waals surface area contributed by atoms with Crippen LogP contribution in [-0.2, 0) is 14.3 Å². The summed E-state index contributed by atoms with van der Waals surface area (Å²) in [6, 6.07) is 12.8. The van der Waals surface area contributed by atoms with Crippen LogP contribution >= 0.6 is 0 Å². The molecule has 0 aliphatic carbocycles. The van der Waals surface area contributed by atoms with E-state index >= 15 is 0 Å². The highest BCUT2D eigenvalue weighted by Crippen LogP contribution is 2.36. The van der Waals surface area contributed by atoms with Crippen LogP contribution in [0.25, 0.3) is 11.0 Å². The van der Waals surface area contributed by atoms with E-state index in [2.05, 4.69) is 10.3 Å². The monoisotopic (exact) mass is 392 g/mol. The molecule has 0 spiro atoms. The first kappa shape index (κ1) is 19.1. The molecule has 0 unspecified atom stereocenters. The molecule has 2 heterocycles. The van der Waals surface area contributed by atoms with E-state index in [1.807, 2.05) is 60.9 Å². The van der Waals surface area contributed by atoms with Gasteiger partial charge < -0.3 is 10.1 Å². The topological polar surface area (TPSA) is 76.5 Å². The molecular weight excluding hydrogens is 368 g/mol. The van der Waals surface area contributed by atoms with Gasteiger partial charge in [-0.05, 0) is 49.2 Å². The molecule has 0 radical (unpaired) electrons. The molecule has 2 amide bonds. The zero-order chi connectivity index (χ0) is 20.5. The van der Waals surface area contributed by atoms with Gasteiger partial charge in [-0.15, -0.1) is 0 Å². The minimum atomic E-state index is -0.624. The Bertz CT molecular complexity index is 1090. The average Bonchev–Trinajstić information content (AvgIpc) is 3.18. The molecule has 150 valence electrons. The molecular formula is C22H24N4O3. The number of anilines is 2. The molecule has 2 aromatic carbocycles. The van der Waals surface area contributed by atoms with Crippen molar-refractivity contribution >= 4 is 34.5 Å². The zero-order valence-electron chi connectivity index (χ0n) is 16.8. The number of benzene rings is 2. The van der Waals surface area contributed by atoms with Gasteiger partial charge in [-0.1, -0.05) is 18.2 Å². The highest BCUT2D eigenvalue weighted by atomic mass is 16.5. The van der Waals surface area contributed by atoms with Crippen molar-refractivity contribution in [2.75, 3.05) is 30.5 Å². The Balaban J connectivity index is 1.62. The Morgan fingerprint density at radius 2 is 1.97 bits per heavy atom. The van der Waals surface area contributed by atoms with Gasteiger partial charge in [-0.2, -0.15) is 0 Å². The third-order valence-electron chi connectivity index (χ3n) is 5.37. The molecule has 0 saturated heterocycles. The van der Waals surface area contributed by atoms with Gasteiger partial charge >= 0.3 is 0 Å². The number of hydrogen-bond acceptors (Lipinski definition) is 4. The van der Waals surface area contributed by atoms with Crippen molar-refractivity contribution in [3.05, 3.63) is 53.6 Å². The van der Waals surface area contributed by atoms with Crippen molar-refractivity contribution in [2.24, 2.45) is 0 Å². The molecule has 29 heavy (non-hydrogen) atoms. The maximum Gasteiger partial charge on any atom is 0.253 e. The first-order valence-electron chi connectivity index (χ1n) is 9.64. The van der Waals surface area contributed by atoms with E-state index in [-0.39, 0.29) is 18.2 Å². The van der Waals surface area contributed by atoms with Crippen molar-refractivity contribution in [1.82, 2.24) is 9.55 Å². The van der Waals surface area contributed by atoms with Crippen LogP contribution in [0.5, 0.6) is 0 Å². The molecule has 4 rings (SSSR count). The molecule has 1 aliphatic heterocycles. The Morgan fingerprint density at radius 3 is 2.72 bits per heavy atom. The number of aromatic nitrogens is 2. The lowest BCUT2D eigenvalue weighted by atomic mass is 10.1. The predicted octanol–water partition coefficient (Wildman–Crippen LogP) is 3.22. The molecule has 1 aliphatic rings. The first-order valence-corrected chi connectivity index (χ1v) is 9.64. The average molecular weight is 392 g/mol. The van der Waals surface area contributed by atoms with Gasteiger partial charge in [0.1, 0.15) is 6.04 Å². The van der Waals surface area contributed by atoms with Crippen LogP contribution in [0.3, 0.4) is 0 Å². The quantitative estimate of drug-likeness (QED) is 0.699. The van der Waals surface area contributed by atoms with Gasteiger partial charge in [0.25, 0.3) is 5.91 Å². The van der Waals surface area contributed by atoms with E-state index in [4.69, 9.17) is 4.74 Å². The van der Waals surface area contributed by atoms with E-state index in [0.717, 1.165) is 27.8 Å². The van der Waals surface area contributed by atoms with E-state index in [0.29, 0.717) is 19.1 Å². The summed E-state index contributed by atoms with van der Waals surface area (Å²) in [5.41, 5.74) is 4.65. The smallest absolute Gasteiger partial charge is 0.253 e. The molecule has 0 fully saturated rings. The summed E-state index contributed by atoms with van der Waals surface area (Å²) in [4.78, 5) is 32.1. The lowest BCUT2D eigenvalue weighted by molar-refractivity contribution is -0.124. The molecule has 3 aromatic rings. The largest absolute Gasteiger partial charge is 0.383 e. The van der Waals surface area contributed by atoms with E-state index in [1.165, 1.54) is 0 Å². The number of aryl methyl sites for hydroxylation is 2. The summed E-state index contributed by atoms with van der Waals surface area (Å²) in [5, 5.41) is 2.92. The number of methoxy groups -OCH3 is 1. The fourth-order valence-electron chi connectivity index (χ4n) is 3.70. The third kappa shape index (κ3) is 3.49. The number of carbonyl (C=O) groups is 2. The zero-order valence-corrected chi connectivity index (χ0v) is 16.8. The van der Waals surface area contributed by atoms with E-state index < -0.39 is 6.04 Å². The summed E-state index contributed by atoms with van der Waals surface area (Å²) in [5.74, 6) is 0.228. The number of nitrogens with one attached hydrogen (secondary N) is 1. The van der Waals surface area contributed by atoms with E-state index in [1.54, 1.807) is 12.0 Å². The second-order valence-corrected chi connectivity index (χ2v) is 7.32. The molecule has 1 atom stereocenters. The number of amides is 2. The lowest BCUT2D eigenvalue weighted by Crippen LogP contribution is -2.33. The van der Waals surface area contributed by atoms with Crippen molar-refractivity contribution in [1.29, 1.82) is 0 Å². The maximum absolute atomic E-state index is 13.1. The van der Waals surface area contributed by atoms with Gasteiger partial charge in [0.15, 0.2) is 0 Å². The van der Waals surface area contributed by atoms with Crippen LogP contribution in [0.1, 0.15) is 23.6 Å². The predicted molar refractivity (Wildman–Crippen MR) is 112 cm³/mol. The Labute approximate surface area is 169 Å². The van der Waals surface area contributed by atoms with Crippen molar-refractivity contribution in [3.63, 3.8) is 0 Å². The van der Waals surface area contributed by atoms with Crippen LogP contribution in [0, 0.1) is 13.8 Å². The Kier molecular flexibility index (Phi) is 5.07. The van der Waals surface area contributed by atoms with Gasteiger partial charge in [0, 0.05) is 12.8 Å². The first-order chi connectivity index (χ1) is 14.0. The summed E-state index contributed by atoms with van der Waals surface area (Å²) in [6.45, 7) is 4.83. The normalized spacial score (nSPS) is 15.8. The number of rotatable bonds is 6. The maximum atomic E-state index is 13.1. The SMILES string of the molecule is COCCN1C(=O)[C@@H](CC(=O)Nc2ccc(C)c(C)c2)n2c1nc1ccccc12. The number of fused-ring (bicyclic) bond motifs is 3. The van der Waals surface area contributed by atoms with Crippen LogP contribution in [0.2, 0.25) is 0 Å². The third-order valence-corrected chi connectivity index (χ3v) is 5.37. The summed E-state index contributed by atoms with van der Waals surface area (Å²) in [6.07, 6.45) is 0.0442. The number of carbonyl (C=O) groups excluding carboxylic acids is 2. The van der Waals surface area contributed by atoms with Crippen LogP contribution < -0.4 is 10.2 Å². The second-order valence-electron chi connectivity index (χ2n) is 7.32. The number of para-hydroxylation sites is 2. The minimum Gasteiger partial charge on any atom is -0.383 e. The van der Waals surface area contributed by atoms with Crippen molar-refractivity contribution in [3.8, 4) is 0 Å². The van der Waals surface area contributed by atoms with Gasteiger partial charge in [0.2, 0.25) is 11.9 Å². The molecule has 0 bridgehead atoms. The molecule has 1 N–H and O–H groups in total. The standard InChI is InChI=1S/C22H24N4O3/c1-14-8-9-16(12-15(14)2)23-20(27)13-19-21(28)25(10-11-29-3)22-24-17-6-4-5-7-18(17)26(19)22/h4-9,12,19H,10-11,13H2,1-3H3,(H,23,27)/t19-/m1/s1. The number of hydrogen-bond donors (Lipinski definition) is 1. The summed E-state index contributed by atoms with van der Waals surface area (Å²) in [7, 11) is 1.60. The van der Waals surface area contributed by atoms with Gasteiger partial charge in [0.05, 0.1) is 30.6 Å². The highest BCUT2D eigenvalue weighted by molar-refractivity contribution is 6.05. The number of nitrogens with zero attached hydrogens (tertiary/aromatic N) is 3. The van der Waals surface area contributed by atoms with Gasteiger partial charge in [-0.3, -0.25) is 19.1 Å². The van der Waals surface area contributed by atoms with E-state index in [9.17, 15) is 9.59 Å². The summed E-state index contributed by atoms with van der Waals surface area (Å²) >= 11 is 0. The molecule has 7 nitrogen and oxygen atoms in total. The van der Waals surface area contributed by atoms with Crippen molar-refractivity contribution in [2.45, 2.75) is 26.3 Å². The minimum absolute atomic E-state index is 0.0442. The lowest BCUT2D eigenvalue weighted by Gasteiger charge is -2.15. The van der Waals surface area contributed by atoms with Crippen molar-refractivity contribution < 1.29 is 14.3 Å². The van der Waals surface area contributed by atoms with Crippen LogP contribution in [0.15, 0.2) is 42.5 Å². The fourth-order valence-corrected chi connectivity index (χ4v) is 3.70. The second kappa shape index (κ2) is 7.67. The molecule has 0 saturated carbocycles.